The third kappa shape index (κ3) is 6.04. The quantitative estimate of drug-likeness (QED) is 0.436. The van der Waals surface area contributed by atoms with Gasteiger partial charge in [-0.2, -0.15) is 0 Å². The maximum atomic E-state index is 5.64. The smallest absolute Gasteiger partial charge is 0.0466 e. The fourth-order valence-corrected chi connectivity index (χ4v) is 2.25. The van der Waals surface area contributed by atoms with E-state index in [1.807, 2.05) is 6.92 Å². The number of rotatable bonds is 8. The van der Waals surface area contributed by atoms with Crippen LogP contribution >= 0.6 is 0 Å². The van der Waals surface area contributed by atoms with Gasteiger partial charge < -0.3 is 4.74 Å². The van der Waals surface area contributed by atoms with E-state index in [9.17, 15) is 0 Å². The second kappa shape index (κ2) is 8.40. The highest BCUT2D eigenvalue weighted by Gasteiger charge is 2.13. The molecule has 0 aliphatic carbocycles. The molecule has 1 rings (SSSR count). The molecule has 0 saturated carbocycles. The fourth-order valence-electron chi connectivity index (χ4n) is 2.25. The highest BCUT2D eigenvalue weighted by molar-refractivity contribution is 5.27. The number of nitrogens with one attached hydrogen (secondary N) is 1. The molecule has 0 aromatic heterocycles. The minimum atomic E-state index is 0.210. The van der Waals surface area contributed by atoms with Gasteiger partial charge in [-0.3, -0.25) is 11.3 Å². The SMILES string of the molecule is CCOCCCC(Cc1ccc(C(C)(C)C)cc1)NN. The highest BCUT2D eigenvalue weighted by Crippen LogP contribution is 2.22. The summed E-state index contributed by atoms with van der Waals surface area (Å²) in [7, 11) is 0. The molecule has 0 heterocycles. The zero-order valence-electron chi connectivity index (χ0n) is 13.4. The lowest BCUT2D eigenvalue weighted by molar-refractivity contribution is 0.140. The Kier molecular flexibility index (Phi) is 7.20. The molecule has 1 atom stereocenters. The van der Waals surface area contributed by atoms with E-state index in [-0.39, 0.29) is 5.41 Å². The average Bonchev–Trinajstić information content (AvgIpc) is 2.42. The van der Waals surface area contributed by atoms with Gasteiger partial charge in [-0.1, -0.05) is 45.0 Å². The van der Waals surface area contributed by atoms with Crippen LogP contribution in [0.5, 0.6) is 0 Å². The third-order valence-corrected chi connectivity index (χ3v) is 3.58. The van der Waals surface area contributed by atoms with Crippen molar-refractivity contribution in [2.75, 3.05) is 13.2 Å². The summed E-state index contributed by atoms with van der Waals surface area (Å²) < 4.78 is 5.36. The van der Waals surface area contributed by atoms with E-state index in [2.05, 4.69) is 50.5 Å². The Bertz CT molecular complexity index is 368. The molecule has 20 heavy (non-hydrogen) atoms. The summed E-state index contributed by atoms with van der Waals surface area (Å²) in [6.45, 7) is 10.3. The maximum Gasteiger partial charge on any atom is 0.0466 e. The van der Waals surface area contributed by atoms with E-state index in [0.717, 1.165) is 32.5 Å². The van der Waals surface area contributed by atoms with E-state index in [1.54, 1.807) is 0 Å². The van der Waals surface area contributed by atoms with E-state index in [0.29, 0.717) is 6.04 Å². The summed E-state index contributed by atoms with van der Waals surface area (Å²) in [5.74, 6) is 5.64. The van der Waals surface area contributed by atoms with Crippen molar-refractivity contribution in [1.29, 1.82) is 0 Å². The van der Waals surface area contributed by atoms with Crippen molar-refractivity contribution in [3.63, 3.8) is 0 Å². The van der Waals surface area contributed by atoms with Gasteiger partial charge in [0.2, 0.25) is 0 Å². The molecule has 1 unspecified atom stereocenters. The first-order chi connectivity index (χ1) is 9.47. The lowest BCUT2D eigenvalue weighted by atomic mass is 9.86. The minimum Gasteiger partial charge on any atom is -0.382 e. The van der Waals surface area contributed by atoms with Crippen molar-refractivity contribution in [3.8, 4) is 0 Å². The van der Waals surface area contributed by atoms with Crippen molar-refractivity contribution in [2.45, 2.75) is 58.4 Å². The van der Waals surface area contributed by atoms with Crippen LogP contribution in [0.4, 0.5) is 0 Å². The molecular formula is C17H30N2O. The fraction of sp³-hybridized carbons (Fsp3) is 0.647. The van der Waals surface area contributed by atoms with Gasteiger partial charge in [0, 0.05) is 19.3 Å². The van der Waals surface area contributed by atoms with Crippen LogP contribution in [0.2, 0.25) is 0 Å². The lowest BCUT2D eigenvalue weighted by Crippen LogP contribution is -2.37. The predicted molar refractivity (Wildman–Crippen MR) is 85.7 cm³/mol. The van der Waals surface area contributed by atoms with E-state index in [1.165, 1.54) is 11.1 Å². The van der Waals surface area contributed by atoms with Gasteiger partial charge in [0.1, 0.15) is 0 Å². The molecule has 3 N–H and O–H groups in total. The molecule has 114 valence electrons. The second-order valence-electron chi connectivity index (χ2n) is 6.35. The van der Waals surface area contributed by atoms with Crippen molar-refractivity contribution >= 4 is 0 Å². The molecule has 0 spiro atoms. The Hall–Kier alpha value is -0.900. The number of nitrogens with two attached hydrogens (primary N) is 1. The predicted octanol–water partition coefficient (Wildman–Crippen LogP) is 3.18. The van der Waals surface area contributed by atoms with Crippen LogP contribution in [-0.2, 0) is 16.6 Å². The van der Waals surface area contributed by atoms with Crippen LogP contribution in [0.15, 0.2) is 24.3 Å². The molecule has 0 aliphatic heterocycles. The lowest BCUT2D eigenvalue weighted by Gasteiger charge is -2.20. The normalized spacial score (nSPS) is 13.4. The number of benzene rings is 1. The summed E-state index contributed by atoms with van der Waals surface area (Å²) in [5.41, 5.74) is 5.83. The summed E-state index contributed by atoms with van der Waals surface area (Å²) in [6, 6.07) is 9.20. The first-order valence-corrected chi connectivity index (χ1v) is 7.60. The van der Waals surface area contributed by atoms with Crippen molar-refractivity contribution in [1.82, 2.24) is 5.43 Å². The third-order valence-electron chi connectivity index (χ3n) is 3.58. The van der Waals surface area contributed by atoms with Crippen LogP contribution in [-0.4, -0.2) is 19.3 Å². The zero-order valence-corrected chi connectivity index (χ0v) is 13.4. The van der Waals surface area contributed by atoms with Gasteiger partial charge in [-0.15, -0.1) is 0 Å². The summed E-state index contributed by atoms with van der Waals surface area (Å²) in [5, 5.41) is 0. The number of hydrazine groups is 1. The van der Waals surface area contributed by atoms with Crippen LogP contribution in [0, 0.1) is 0 Å². The Morgan fingerprint density at radius 1 is 1.20 bits per heavy atom. The first-order valence-electron chi connectivity index (χ1n) is 7.60. The maximum absolute atomic E-state index is 5.64. The topological polar surface area (TPSA) is 47.3 Å². The first kappa shape index (κ1) is 17.2. The monoisotopic (exact) mass is 278 g/mol. The second-order valence-corrected chi connectivity index (χ2v) is 6.35. The molecule has 0 fully saturated rings. The Labute approximate surface area is 123 Å². The molecule has 0 aliphatic rings. The highest BCUT2D eigenvalue weighted by atomic mass is 16.5. The van der Waals surface area contributed by atoms with E-state index < -0.39 is 0 Å². The number of hydrogen-bond donors (Lipinski definition) is 2. The number of ether oxygens (including phenoxy) is 1. The molecule has 3 nitrogen and oxygen atoms in total. The van der Waals surface area contributed by atoms with Gasteiger partial charge >= 0.3 is 0 Å². The summed E-state index contributed by atoms with van der Waals surface area (Å²) >= 11 is 0. The Balaban J connectivity index is 2.49. The molecular weight excluding hydrogens is 248 g/mol. The zero-order chi connectivity index (χ0) is 15.0. The molecule has 0 radical (unpaired) electrons. The van der Waals surface area contributed by atoms with Crippen molar-refractivity contribution < 1.29 is 4.74 Å². The average molecular weight is 278 g/mol. The summed E-state index contributed by atoms with van der Waals surface area (Å²) in [6.07, 6.45) is 3.05. The molecule has 3 heteroatoms. The van der Waals surface area contributed by atoms with Gasteiger partial charge in [-0.05, 0) is 42.7 Å². The van der Waals surface area contributed by atoms with Crippen LogP contribution < -0.4 is 11.3 Å². The standard InChI is InChI=1S/C17H30N2O/c1-5-20-12-6-7-16(19-18)13-14-8-10-15(11-9-14)17(2,3)4/h8-11,16,19H,5-7,12-13,18H2,1-4H3. The molecule has 0 amide bonds. The van der Waals surface area contributed by atoms with Crippen molar-refractivity contribution in [2.24, 2.45) is 5.84 Å². The van der Waals surface area contributed by atoms with Crippen LogP contribution in [0.1, 0.15) is 51.7 Å². The minimum absolute atomic E-state index is 0.210. The molecule has 1 aromatic carbocycles. The van der Waals surface area contributed by atoms with Crippen LogP contribution in [0.25, 0.3) is 0 Å². The van der Waals surface area contributed by atoms with Gasteiger partial charge in [-0.25, -0.2) is 0 Å². The summed E-state index contributed by atoms with van der Waals surface area (Å²) in [4.78, 5) is 0. The largest absolute Gasteiger partial charge is 0.382 e. The number of hydrogen-bond acceptors (Lipinski definition) is 3. The Morgan fingerprint density at radius 3 is 2.35 bits per heavy atom. The molecule has 0 bridgehead atoms. The van der Waals surface area contributed by atoms with Crippen LogP contribution in [0.3, 0.4) is 0 Å². The van der Waals surface area contributed by atoms with Gasteiger partial charge in [0.15, 0.2) is 0 Å². The molecule has 1 aromatic rings. The Morgan fingerprint density at radius 2 is 1.85 bits per heavy atom. The molecule has 0 saturated heterocycles. The van der Waals surface area contributed by atoms with E-state index >= 15 is 0 Å². The van der Waals surface area contributed by atoms with Crippen molar-refractivity contribution in [3.05, 3.63) is 35.4 Å². The van der Waals surface area contributed by atoms with Gasteiger partial charge in [0.25, 0.3) is 0 Å². The van der Waals surface area contributed by atoms with E-state index in [4.69, 9.17) is 10.6 Å². The van der Waals surface area contributed by atoms with Gasteiger partial charge in [0.05, 0.1) is 0 Å².